The maximum atomic E-state index is 10.6. The van der Waals surface area contributed by atoms with E-state index in [4.69, 9.17) is 14.6 Å². The summed E-state index contributed by atoms with van der Waals surface area (Å²) in [6, 6.07) is 0. The molecule has 0 aliphatic heterocycles. The first-order chi connectivity index (χ1) is 13.0. The molecule has 0 radical (unpaired) electrons. The molecule has 1 rings (SSSR count). The molecule has 1 aliphatic carbocycles. The molecule has 27 heavy (non-hydrogen) atoms. The van der Waals surface area contributed by atoms with Crippen LogP contribution in [0.25, 0.3) is 0 Å². The van der Waals surface area contributed by atoms with Crippen molar-refractivity contribution in [1.29, 1.82) is 0 Å². The monoisotopic (exact) mass is 386 g/mol. The summed E-state index contributed by atoms with van der Waals surface area (Å²) >= 11 is 0. The second-order valence-corrected chi connectivity index (χ2v) is 8.18. The van der Waals surface area contributed by atoms with Crippen molar-refractivity contribution in [2.24, 2.45) is 11.8 Å². The van der Waals surface area contributed by atoms with Crippen molar-refractivity contribution in [1.82, 2.24) is 0 Å². The van der Waals surface area contributed by atoms with Crippen LogP contribution in [-0.2, 0) is 14.3 Å². The summed E-state index contributed by atoms with van der Waals surface area (Å²) in [4.78, 5) is 10.6. The van der Waals surface area contributed by atoms with E-state index < -0.39 is 5.97 Å². The van der Waals surface area contributed by atoms with Gasteiger partial charge in [0, 0.05) is 27.1 Å². The van der Waals surface area contributed by atoms with E-state index in [0.29, 0.717) is 17.9 Å². The zero-order valence-electron chi connectivity index (χ0n) is 17.7. The average Bonchev–Trinajstić information content (AvgIpc) is 2.95. The number of carboxylic acids is 1. The maximum absolute atomic E-state index is 10.6. The van der Waals surface area contributed by atoms with E-state index in [2.05, 4.69) is 6.92 Å². The van der Waals surface area contributed by atoms with Crippen molar-refractivity contribution in [3.63, 3.8) is 0 Å². The number of rotatable bonds is 16. The fourth-order valence-corrected chi connectivity index (χ4v) is 4.62. The SMILES string of the molecule is CCCCCC(CC[C@@H]1[C@@H](CCCCCCC(=O)O)[C@@H](O)C[C@H]1OC)OC. The summed E-state index contributed by atoms with van der Waals surface area (Å²) < 4.78 is 11.4. The van der Waals surface area contributed by atoms with Crippen molar-refractivity contribution in [3.05, 3.63) is 0 Å². The highest BCUT2D eigenvalue weighted by Crippen LogP contribution is 2.40. The van der Waals surface area contributed by atoms with Crippen LogP contribution in [0.3, 0.4) is 0 Å². The third-order valence-corrected chi connectivity index (χ3v) is 6.26. The van der Waals surface area contributed by atoms with Crippen LogP contribution in [0, 0.1) is 11.8 Å². The summed E-state index contributed by atoms with van der Waals surface area (Å²) in [5.41, 5.74) is 0. The molecule has 160 valence electrons. The van der Waals surface area contributed by atoms with Crippen LogP contribution in [0.5, 0.6) is 0 Å². The van der Waals surface area contributed by atoms with Gasteiger partial charge in [-0.15, -0.1) is 0 Å². The lowest BCUT2D eigenvalue weighted by atomic mass is 9.84. The average molecular weight is 387 g/mol. The van der Waals surface area contributed by atoms with Gasteiger partial charge in [0.25, 0.3) is 0 Å². The molecule has 1 unspecified atom stereocenters. The van der Waals surface area contributed by atoms with Crippen molar-refractivity contribution >= 4 is 5.97 Å². The first-order valence-electron chi connectivity index (χ1n) is 11.0. The fourth-order valence-electron chi connectivity index (χ4n) is 4.62. The topological polar surface area (TPSA) is 76.0 Å². The minimum atomic E-state index is -0.712. The Morgan fingerprint density at radius 3 is 2.37 bits per heavy atom. The molecule has 0 bridgehead atoms. The molecule has 5 nitrogen and oxygen atoms in total. The Bertz CT molecular complexity index is 387. The third kappa shape index (κ3) is 9.40. The van der Waals surface area contributed by atoms with Crippen LogP contribution >= 0.6 is 0 Å². The Morgan fingerprint density at radius 2 is 1.74 bits per heavy atom. The summed E-state index contributed by atoms with van der Waals surface area (Å²) in [7, 11) is 3.57. The van der Waals surface area contributed by atoms with Gasteiger partial charge >= 0.3 is 5.97 Å². The molecule has 5 atom stereocenters. The Labute approximate surface area is 165 Å². The molecule has 1 saturated carbocycles. The van der Waals surface area contributed by atoms with Crippen LogP contribution in [-0.4, -0.2) is 48.7 Å². The minimum absolute atomic E-state index is 0.144. The molecule has 0 aromatic heterocycles. The Hall–Kier alpha value is -0.650. The first kappa shape index (κ1) is 24.4. The summed E-state index contributed by atoms with van der Waals surface area (Å²) in [6.07, 6.45) is 12.9. The van der Waals surface area contributed by atoms with E-state index in [1.54, 1.807) is 7.11 Å². The largest absolute Gasteiger partial charge is 0.481 e. The van der Waals surface area contributed by atoms with Gasteiger partial charge in [0.1, 0.15) is 0 Å². The van der Waals surface area contributed by atoms with Crippen molar-refractivity contribution in [3.8, 4) is 0 Å². The Kier molecular flexibility index (Phi) is 13.0. The number of aliphatic carboxylic acids is 1. The maximum Gasteiger partial charge on any atom is 0.303 e. The van der Waals surface area contributed by atoms with Crippen molar-refractivity contribution in [2.75, 3.05) is 14.2 Å². The van der Waals surface area contributed by atoms with Gasteiger partial charge in [-0.3, -0.25) is 4.79 Å². The smallest absolute Gasteiger partial charge is 0.303 e. The molecule has 5 heteroatoms. The standard InChI is InChI=1S/C22H42O5/c1-4-5-8-11-17(26-2)14-15-19-18(20(23)16-21(19)27-3)12-9-6-7-10-13-22(24)25/h17-21,23H,4-16H2,1-3H3,(H,24,25)/t17?,18-,19-,20+,21-/m1/s1. The summed E-state index contributed by atoms with van der Waals surface area (Å²) in [6.45, 7) is 2.22. The van der Waals surface area contributed by atoms with Crippen molar-refractivity contribution < 1.29 is 24.5 Å². The molecule has 1 fully saturated rings. The van der Waals surface area contributed by atoms with Crippen molar-refractivity contribution in [2.45, 2.75) is 109 Å². The molecular formula is C22H42O5. The molecule has 1 aliphatic rings. The third-order valence-electron chi connectivity index (χ3n) is 6.26. The Balaban J connectivity index is 2.42. The summed E-state index contributed by atoms with van der Waals surface area (Å²) in [5.74, 6) is -0.0220. The molecular weight excluding hydrogens is 344 g/mol. The van der Waals surface area contributed by atoms with E-state index >= 15 is 0 Å². The lowest BCUT2D eigenvalue weighted by Crippen LogP contribution is -2.25. The number of unbranched alkanes of at least 4 members (excludes halogenated alkanes) is 5. The van der Waals surface area contributed by atoms with Gasteiger partial charge in [0.05, 0.1) is 18.3 Å². The minimum Gasteiger partial charge on any atom is -0.481 e. The van der Waals surface area contributed by atoms with E-state index in [-0.39, 0.29) is 18.6 Å². The number of ether oxygens (including phenoxy) is 2. The highest BCUT2D eigenvalue weighted by Gasteiger charge is 2.41. The van der Waals surface area contributed by atoms with Crippen LogP contribution in [0.4, 0.5) is 0 Å². The number of carboxylic acid groups (broad SMARTS) is 1. The number of hydrogen-bond acceptors (Lipinski definition) is 4. The van der Waals surface area contributed by atoms with E-state index in [0.717, 1.165) is 57.8 Å². The van der Waals surface area contributed by atoms with E-state index in [1.165, 1.54) is 19.3 Å². The molecule has 0 aromatic rings. The van der Waals surface area contributed by atoms with Gasteiger partial charge in [-0.1, -0.05) is 45.4 Å². The highest BCUT2D eigenvalue weighted by molar-refractivity contribution is 5.66. The molecule has 2 N–H and O–H groups in total. The molecule has 0 aromatic carbocycles. The number of aliphatic hydroxyl groups is 1. The van der Waals surface area contributed by atoms with Crippen LogP contribution in [0.1, 0.15) is 90.4 Å². The van der Waals surface area contributed by atoms with Gasteiger partial charge in [-0.2, -0.15) is 0 Å². The van der Waals surface area contributed by atoms with E-state index in [9.17, 15) is 9.90 Å². The van der Waals surface area contributed by atoms with Gasteiger partial charge in [0.2, 0.25) is 0 Å². The number of hydrogen-bond donors (Lipinski definition) is 2. The van der Waals surface area contributed by atoms with Gasteiger partial charge in [-0.25, -0.2) is 0 Å². The predicted octanol–water partition coefficient (Wildman–Crippen LogP) is 4.80. The van der Waals surface area contributed by atoms with Gasteiger partial charge in [0.15, 0.2) is 0 Å². The lowest BCUT2D eigenvalue weighted by molar-refractivity contribution is -0.137. The van der Waals surface area contributed by atoms with Gasteiger partial charge in [-0.05, 0) is 43.9 Å². The molecule has 0 heterocycles. The number of aliphatic hydroxyl groups excluding tert-OH is 1. The second-order valence-electron chi connectivity index (χ2n) is 8.18. The quantitative estimate of drug-likeness (QED) is 0.373. The van der Waals surface area contributed by atoms with E-state index in [1.807, 2.05) is 7.11 Å². The van der Waals surface area contributed by atoms with Crippen LogP contribution in [0.2, 0.25) is 0 Å². The first-order valence-corrected chi connectivity index (χ1v) is 11.0. The molecule has 0 spiro atoms. The summed E-state index contributed by atoms with van der Waals surface area (Å²) in [5, 5.41) is 19.2. The highest BCUT2D eigenvalue weighted by atomic mass is 16.5. The zero-order valence-corrected chi connectivity index (χ0v) is 17.7. The lowest BCUT2D eigenvalue weighted by Gasteiger charge is -2.27. The molecule has 0 amide bonds. The van der Waals surface area contributed by atoms with Crippen LogP contribution in [0.15, 0.2) is 0 Å². The fraction of sp³-hybridized carbons (Fsp3) is 0.955. The Morgan fingerprint density at radius 1 is 1.00 bits per heavy atom. The normalized spacial score (nSPS) is 26.4. The number of methoxy groups -OCH3 is 2. The predicted molar refractivity (Wildman–Crippen MR) is 108 cm³/mol. The van der Waals surface area contributed by atoms with Crippen LogP contribution < -0.4 is 0 Å². The number of carbonyl (C=O) groups is 1. The second kappa shape index (κ2) is 14.4. The molecule has 0 saturated heterocycles. The zero-order chi connectivity index (χ0) is 20.1. The van der Waals surface area contributed by atoms with Gasteiger partial charge < -0.3 is 19.7 Å².